The molecule has 0 aromatic heterocycles. The molecule has 0 aliphatic heterocycles. The summed E-state index contributed by atoms with van der Waals surface area (Å²) < 4.78 is 37.3. The van der Waals surface area contributed by atoms with Crippen molar-refractivity contribution in [3.8, 4) is 0 Å². The van der Waals surface area contributed by atoms with Crippen LogP contribution in [0.2, 0.25) is 0 Å². The van der Waals surface area contributed by atoms with Crippen LogP contribution in [0.3, 0.4) is 0 Å². The first-order valence-electron chi connectivity index (χ1n) is 4.32. The van der Waals surface area contributed by atoms with E-state index in [0.717, 1.165) is 6.26 Å². The first-order valence-corrected chi connectivity index (χ1v) is 6.62. The van der Waals surface area contributed by atoms with Crippen molar-refractivity contribution in [1.29, 1.82) is 0 Å². The number of rotatable bonds is 4. The molecule has 7 heteroatoms. The molecule has 88 valence electrons. The number of benzene rings is 1. The maximum absolute atomic E-state index is 13.4. The summed E-state index contributed by atoms with van der Waals surface area (Å²) in [5.41, 5.74) is 5.98. The molecule has 4 nitrogen and oxygen atoms in total. The molecular weight excluding hydrogens is 251 g/mol. The van der Waals surface area contributed by atoms with Gasteiger partial charge in [0.25, 0.3) is 0 Å². The molecule has 0 aliphatic rings. The lowest BCUT2D eigenvalue weighted by Crippen LogP contribution is -2.22. The first-order chi connectivity index (χ1) is 7.29. The monoisotopic (exact) mass is 262 g/mol. The largest absolute Gasteiger partial charge is 0.389 e. The highest BCUT2D eigenvalue weighted by Crippen LogP contribution is 2.10. The van der Waals surface area contributed by atoms with Crippen LogP contribution in [0.15, 0.2) is 18.2 Å². The Balaban J connectivity index is 2.88. The van der Waals surface area contributed by atoms with Crippen LogP contribution in [-0.4, -0.2) is 19.7 Å². The Kier molecular flexibility index (Phi) is 3.95. The van der Waals surface area contributed by atoms with Crippen LogP contribution in [0.25, 0.3) is 0 Å². The summed E-state index contributed by atoms with van der Waals surface area (Å²) in [7, 11) is -3.33. The molecule has 3 N–H and O–H groups in total. The number of halogens is 1. The zero-order chi connectivity index (χ0) is 12.3. The number of thiocarbonyl (C=S) groups is 1. The maximum atomic E-state index is 13.4. The summed E-state index contributed by atoms with van der Waals surface area (Å²) in [6.07, 6.45) is 1.01. The third-order valence-electron chi connectivity index (χ3n) is 1.86. The van der Waals surface area contributed by atoms with Gasteiger partial charge in [0, 0.05) is 17.7 Å². The molecule has 0 atom stereocenters. The van der Waals surface area contributed by atoms with Crippen molar-refractivity contribution < 1.29 is 12.8 Å². The molecule has 0 aliphatic carbocycles. The summed E-state index contributed by atoms with van der Waals surface area (Å²) in [4.78, 5) is 0.0986. The van der Waals surface area contributed by atoms with Crippen molar-refractivity contribution in [1.82, 2.24) is 4.72 Å². The highest BCUT2D eigenvalue weighted by molar-refractivity contribution is 7.88. The summed E-state index contributed by atoms with van der Waals surface area (Å²) in [5, 5.41) is 0. The van der Waals surface area contributed by atoms with Crippen molar-refractivity contribution in [2.75, 3.05) is 6.26 Å². The summed E-state index contributed by atoms with van der Waals surface area (Å²) in [6, 6.07) is 4.17. The van der Waals surface area contributed by atoms with Crippen LogP contribution >= 0.6 is 12.2 Å². The van der Waals surface area contributed by atoms with E-state index in [2.05, 4.69) is 16.9 Å². The predicted molar refractivity (Wildman–Crippen MR) is 64.0 cm³/mol. The van der Waals surface area contributed by atoms with Crippen LogP contribution in [-0.2, 0) is 16.6 Å². The lowest BCUT2D eigenvalue weighted by Gasteiger charge is -2.05. The summed E-state index contributed by atoms with van der Waals surface area (Å²) >= 11 is 4.69. The molecule has 0 bridgehead atoms. The average molecular weight is 262 g/mol. The number of nitrogens with two attached hydrogens (primary N) is 1. The Morgan fingerprint density at radius 1 is 1.56 bits per heavy atom. The van der Waals surface area contributed by atoms with E-state index in [1.165, 1.54) is 12.1 Å². The van der Waals surface area contributed by atoms with Gasteiger partial charge < -0.3 is 5.73 Å². The fourth-order valence-electron chi connectivity index (χ4n) is 1.05. The normalized spacial score (nSPS) is 11.4. The van der Waals surface area contributed by atoms with Crippen LogP contribution in [0.5, 0.6) is 0 Å². The van der Waals surface area contributed by atoms with Crippen LogP contribution < -0.4 is 10.5 Å². The SMILES string of the molecule is CS(=O)(=O)NCc1ccc(C(N)=S)cc1F. The standard InChI is InChI=1S/C9H11FN2O2S2/c1-16(13,14)12-5-7-3-2-6(9(11)15)4-8(7)10/h2-4,12H,5H2,1H3,(H2,11,15). The van der Waals surface area contributed by atoms with E-state index in [1.807, 2.05) is 0 Å². The van der Waals surface area contributed by atoms with E-state index in [-0.39, 0.29) is 17.1 Å². The minimum absolute atomic E-state index is 0.0950. The van der Waals surface area contributed by atoms with Gasteiger partial charge in [0.1, 0.15) is 10.8 Å². The highest BCUT2D eigenvalue weighted by atomic mass is 32.2. The third kappa shape index (κ3) is 3.84. The van der Waals surface area contributed by atoms with E-state index >= 15 is 0 Å². The van der Waals surface area contributed by atoms with Crippen molar-refractivity contribution in [3.63, 3.8) is 0 Å². The van der Waals surface area contributed by atoms with E-state index in [0.29, 0.717) is 5.56 Å². The number of hydrogen-bond acceptors (Lipinski definition) is 3. The Labute approximate surface area is 98.7 Å². The van der Waals surface area contributed by atoms with Crippen LogP contribution in [0.1, 0.15) is 11.1 Å². The lowest BCUT2D eigenvalue weighted by atomic mass is 10.1. The molecule has 0 fully saturated rings. The zero-order valence-corrected chi connectivity index (χ0v) is 10.2. The Bertz CT molecular complexity index is 514. The molecule has 0 amide bonds. The fraction of sp³-hybridized carbons (Fsp3) is 0.222. The molecule has 0 unspecified atom stereocenters. The second-order valence-electron chi connectivity index (χ2n) is 3.26. The lowest BCUT2D eigenvalue weighted by molar-refractivity contribution is 0.579. The van der Waals surface area contributed by atoms with Crippen molar-refractivity contribution in [2.24, 2.45) is 5.73 Å². The maximum Gasteiger partial charge on any atom is 0.209 e. The second-order valence-corrected chi connectivity index (χ2v) is 5.54. The molecule has 0 heterocycles. The van der Waals surface area contributed by atoms with E-state index in [1.54, 1.807) is 6.07 Å². The van der Waals surface area contributed by atoms with Crippen LogP contribution in [0.4, 0.5) is 4.39 Å². The van der Waals surface area contributed by atoms with E-state index < -0.39 is 15.8 Å². The first kappa shape index (κ1) is 13.0. The topological polar surface area (TPSA) is 72.2 Å². The van der Waals surface area contributed by atoms with Gasteiger partial charge in [-0.1, -0.05) is 24.4 Å². The van der Waals surface area contributed by atoms with Gasteiger partial charge in [-0.3, -0.25) is 0 Å². The molecule has 0 saturated carbocycles. The predicted octanol–water partition coefficient (Wildman–Crippen LogP) is 0.509. The van der Waals surface area contributed by atoms with Crippen molar-refractivity contribution >= 4 is 27.2 Å². The quantitative estimate of drug-likeness (QED) is 0.776. The molecule has 0 saturated heterocycles. The van der Waals surface area contributed by atoms with Gasteiger partial charge in [-0.2, -0.15) is 0 Å². The van der Waals surface area contributed by atoms with Gasteiger partial charge in [-0.25, -0.2) is 17.5 Å². The molecule has 0 radical (unpaired) electrons. The average Bonchev–Trinajstić information content (AvgIpc) is 2.14. The summed E-state index contributed by atoms with van der Waals surface area (Å²) in [6.45, 7) is -0.0950. The minimum Gasteiger partial charge on any atom is -0.389 e. The molecule has 1 rings (SSSR count). The van der Waals surface area contributed by atoms with Gasteiger partial charge in [0.05, 0.1) is 6.26 Å². The van der Waals surface area contributed by atoms with Gasteiger partial charge in [-0.05, 0) is 6.07 Å². The van der Waals surface area contributed by atoms with Gasteiger partial charge in [0.15, 0.2) is 0 Å². The number of hydrogen-bond donors (Lipinski definition) is 2. The van der Waals surface area contributed by atoms with E-state index in [9.17, 15) is 12.8 Å². The zero-order valence-electron chi connectivity index (χ0n) is 8.53. The molecule has 1 aromatic carbocycles. The highest BCUT2D eigenvalue weighted by Gasteiger charge is 2.07. The van der Waals surface area contributed by atoms with E-state index in [4.69, 9.17) is 5.73 Å². The Morgan fingerprint density at radius 3 is 2.62 bits per heavy atom. The minimum atomic E-state index is -3.33. The Hall–Kier alpha value is -1.05. The van der Waals surface area contributed by atoms with Gasteiger partial charge >= 0.3 is 0 Å². The second kappa shape index (κ2) is 4.86. The number of sulfonamides is 1. The van der Waals surface area contributed by atoms with Gasteiger partial charge in [-0.15, -0.1) is 0 Å². The van der Waals surface area contributed by atoms with Crippen LogP contribution in [0, 0.1) is 5.82 Å². The number of nitrogens with one attached hydrogen (secondary N) is 1. The summed E-state index contributed by atoms with van der Waals surface area (Å²) in [5.74, 6) is -0.540. The molecule has 16 heavy (non-hydrogen) atoms. The van der Waals surface area contributed by atoms with Crippen molar-refractivity contribution in [2.45, 2.75) is 6.54 Å². The molecule has 0 spiro atoms. The molecular formula is C9H11FN2O2S2. The van der Waals surface area contributed by atoms with Gasteiger partial charge in [0.2, 0.25) is 10.0 Å². The Morgan fingerprint density at radius 2 is 2.19 bits per heavy atom. The smallest absolute Gasteiger partial charge is 0.209 e. The fourth-order valence-corrected chi connectivity index (χ4v) is 1.60. The van der Waals surface area contributed by atoms with Crippen molar-refractivity contribution in [3.05, 3.63) is 35.1 Å². The molecule has 1 aromatic rings. The third-order valence-corrected chi connectivity index (χ3v) is 2.77.